The van der Waals surface area contributed by atoms with Crippen molar-refractivity contribution in [3.05, 3.63) is 57.7 Å². The molecule has 30 heavy (non-hydrogen) atoms. The molecule has 4 rings (SSSR count). The number of amides is 1. The molecule has 1 aliphatic heterocycles. The van der Waals surface area contributed by atoms with E-state index in [2.05, 4.69) is 4.72 Å². The third kappa shape index (κ3) is 4.05. The molecule has 7 nitrogen and oxygen atoms in total. The molecule has 1 fully saturated rings. The van der Waals surface area contributed by atoms with Crippen molar-refractivity contribution in [2.45, 2.75) is 44.2 Å². The van der Waals surface area contributed by atoms with Crippen molar-refractivity contribution in [1.82, 2.24) is 9.29 Å². The van der Waals surface area contributed by atoms with Gasteiger partial charge in [0.25, 0.3) is 0 Å². The third-order valence-corrected chi connectivity index (χ3v) is 7.50. The summed E-state index contributed by atoms with van der Waals surface area (Å²) in [5.41, 5.74) is 2.32. The standard InChI is InChI=1S/C21H23N3O4S2/c1-2-10-24-18-9-8-17(13-19(18)29-21(24)26)30(27,28)22-14-15-5-3-6-16(12-15)23-11-4-7-20(23)25/h3,5-6,8-9,12-13,22H,2,4,7,10-11,14H2,1H3. The first-order valence-electron chi connectivity index (χ1n) is 9.91. The lowest BCUT2D eigenvalue weighted by atomic mass is 10.2. The number of hydrogen-bond acceptors (Lipinski definition) is 5. The molecule has 1 amide bonds. The van der Waals surface area contributed by atoms with Gasteiger partial charge in [0.05, 0.1) is 15.1 Å². The molecule has 1 N–H and O–H groups in total. The molecule has 0 aliphatic carbocycles. The molecule has 9 heteroatoms. The number of aryl methyl sites for hydroxylation is 1. The van der Waals surface area contributed by atoms with E-state index in [1.54, 1.807) is 21.6 Å². The number of carbonyl (C=O) groups is 1. The summed E-state index contributed by atoms with van der Waals surface area (Å²) in [6.45, 7) is 3.41. The highest BCUT2D eigenvalue weighted by Gasteiger charge is 2.22. The van der Waals surface area contributed by atoms with Gasteiger partial charge < -0.3 is 4.90 Å². The maximum atomic E-state index is 12.8. The van der Waals surface area contributed by atoms with Gasteiger partial charge in [0.2, 0.25) is 15.9 Å². The molecule has 2 heterocycles. The highest BCUT2D eigenvalue weighted by Crippen LogP contribution is 2.24. The van der Waals surface area contributed by atoms with Gasteiger partial charge in [0.15, 0.2) is 0 Å². The van der Waals surface area contributed by atoms with Gasteiger partial charge in [0, 0.05) is 31.7 Å². The number of anilines is 1. The van der Waals surface area contributed by atoms with E-state index < -0.39 is 10.0 Å². The van der Waals surface area contributed by atoms with Crippen LogP contribution in [0.5, 0.6) is 0 Å². The molecule has 3 aromatic rings. The average Bonchev–Trinajstić information content (AvgIpc) is 3.29. The Bertz CT molecular complexity index is 1260. The lowest BCUT2D eigenvalue weighted by Crippen LogP contribution is -2.25. The van der Waals surface area contributed by atoms with E-state index in [9.17, 15) is 18.0 Å². The normalized spacial score (nSPS) is 14.7. The molecule has 0 radical (unpaired) electrons. The second kappa shape index (κ2) is 8.33. The van der Waals surface area contributed by atoms with Crippen LogP contribution in [0.2, 0.25) is 0 Å². The fraction of sp³-hybridized carbons (Fsp3) is 0.333. The topological polar surface area (TPSA) is 88.5 Å². The minimum absolute atomic E-state index is 0.0809. The minimum atomic E-state index is -3.74. The highest BCUT2D eigenvalue weighted by molar-refractivity contribution is 7.89. The molecule has 1 aromatic heterocycles. The number of sulfonamides is 1. The van der Waals surface area contributed by atoms with E-state index >= 15 is 0 Å². The molecular weight excluding hydrogens is 422 g/mol. The van der Waals surface area contributed by atoms with E-state index in [0.717, 1.165) is 40.9 Å². The van der Waals surface area contributed by atoms with Crippen LogP contribution < -0.4 is 14.5 Å². The number of nitrogens with zero attached hydrogens (tertiary/aromatic N) is 2. The minimum Gasteiger partial charge on any atom is -0.312 e. The Morgan fingerprint density at radius 3 is 2.70 bits per heavy atom. The van der Waals surface area contributed by atoms with Gasteiger partial charge in [-0.1, -0.05) is 30.4 Å². The Kier molecular flexibility index (Phi) is 5.77. The van der Waals surface area contributed by atoms with Crippen LogP contribution in [0.3, 0.4) is 0 Å². The number of hydrogen-bond donors (Lipinski definition) is 1. The van der Waals surface area contributed by atoms with Crippen molar-refractivity contribution in [1.29, 1.82) is 0 Å². The number of nitrogens with one attached hydrogen (secondary N) is 1. The van der Waals surface area contributed by atoms with Crippen LogP contribution in [0.4, 0.5) is 5.69 Å². The van der Waals surface area contributed by atoms with E-state index in [1.165, 1.54) is 6.07 Å². The van der Waals surface area contributed by atoms with E-state index in [-0.39, 0.29) is 22.2 Å². The number of fused-ring (bicyclic) bond motifs is 1. The Hall–Kier alpha value is -2.49. The largest absolute Gasteiger partial charge is 0.312 e. The average molecular weight is 446 g/mol. The number of carbonyl (C=O) groups excluding carboxylic acids is 1. The van der Waals surface area contributed by atoms with Crippen molar-refractivity contribution >= 4 is 43.2 Å². The molecule has 0 unspecified atom stereocenters. The predicted molar refractivity (Wildman–Crippen MR) is 118 cm³/mol. The van der Waals surface area contributed by atoms with Gasteiger partial charge in [-0.25, -0.2) is 13.1 Å². The zero-order valence-electron chi connectivity index (χ0n) is 16.6. The van der Waals surface area contributed by atoms with Gasteiger partial charge >= 0.3 is 4.87 Å². The number of benzene rings is 2. The summed E-state index contributed by atoms with van der Waals surface area (Å²) in [6, 6.07) is 12.1. The van der Waals surface area contributed by atoms with Crippen molar-refractivity contribution in [2.75, 3.05) is 11.4 Å². The molecule has 158 valence electrons. The van der Waals surface area contributed by atoms with Crippen LogP contribution in [0, 0.1) is 0 Å². The zero-order chi connectivity index (χ0) is 21.3. The summed E-state index contributed by atoms with van der Waals surface area (Å²) in [4.78, 5) is 25.9. The SMILES string of the molecule is CCCn1c(=O)sc2cc(S(=O)(=O)NCc3cccc(N4CCCC4=O)c3)ccc21. The van der Waals surface area contributed by atoms with Crippen molar-refractivity contribution in [2.24, 2.45) is 0 Å². The van der Waals surface area contributed by atoms with Crippen LogP contribution in [-0.4, -0.2) is 25.4 Å². The number of thiazole rings is 1. The number of aromatic nitrogens is 1. The van der Waals surface area contributed by atoms with Crippen LogP contribution in [0.1, 0.15) is 31.7 Å². The molecule has 0 bridgehead atoms. The van der Waals surface area contributed by atoms with Gasteiger partial charge in [0.1, 0.15) is 0 Å². The lowest BCUT2D eigenvalue weighted by molar-refractivity contribution is -0.117. The maximum absolute atomic E-state index is 12.8. The molecule has 2 aromatic carbocycles. The van der Waals surface area contributed by atoms with Crippen molar-refractivity contribution in [3.63, 3.8) is 0 Å². The highest BCUT2D eigenvalue weighted by atomic mass is 32.2. The fourth-order valence-corrected chi connectivity index (χ4v) is 5.74. The Morgan fingerprint density at radius 1 is 1.13 bits per heavy atom. The van der Waals surface area contributed by atoms with Gasteiger partial charge in [-0.05, 0) is 48.7 Å². The Balaban J connectivity index is 1.53. The summed E-state index contributed by atoms with van der Waals surface area (Å²) in [5.74, 6) is 0.0926. The fourth-order valence-electron chi connectivity index (χ4n) is 3.67. The molecule has 0 atom stereocenters. The lowest BCUT2D eigenvalue weighted by Gasteiger charge is -2.16. The first-order valence-corrected chi connectivity index (χ1v) is 12.2. The summed E-state index contributed by atoms with van der Waals surface area (Å²) in [7, 11) is -3.74. The Labute approximate surface area is 179 Å². The van der Waals surface area contributed by atoms with Crippen LogP contribution in [-0.2, 0) is 27.9 Å². The van der Waals surface area contributed by atoms with Crippen molar-refractivity contribution < 1.29 is 13.2 Å². The second-order valence-corrected chi connectivity index (χ2v) is 10.1. The zero-order valence-corrected chi connectivity index (χ0v) is 18.3. The van der Waals surface area contributed by atoms with E-state index in [0.29, 0.717) is 24.2 Å². The molecule has 0 spiro atoms. The summed E-state index contributed by atoms with van der Waals surface area (Å²) < 4.78 is 30.6. The maximum Gasteiger partial charge on any atom is 0.308 e. The van der Waals surface area contributed by atoms with Gasteiger partial charge in [-0.2, -0.15) is 0 Å². The number of rotatable bonds is 7. The van der Waals surface area contributed by atoms with E-state index in [1.807, 2.05) is 31.2 Å². The summed E-state index contributed by atoms with van der Waals surface area (Å²) in [6.07, 6.45) is 2.21. The first kappa shape index (κ1) is 20.8. The second-order valence-electron chi connectivity index (χ2n) is 7.29. The summed E-state index contributed by atoms with van der Waals surface area (Å²) >= 11 is 1.06. The molecule has 1 saturated heterocycles. The molecular formula is C21H23N3O4S2. The van der Waals surface area contributed by atoms with Crippen LogP contribution in [0.25, 0.3) is 10.2 Å². The van der Waals surface area contributed by atoms with Crippen LogP contribution in [0.15, 0.2) is 52.2 Å². The smallest absolute Gasteiger partial charge is 0.308 e. The molecule has 0 saturated carbocycles. The predicted octanol–water partition coefficient (Wildman–Crippen LogP) is 3.08. The third-order valence-electron chi connectivity index (χ3n) is 5.16. The van der Waals surface area contributed by atoms with Gasteiger partial charge in [-0.15, -0.1) is 0 Å². The van der Waals surface area contributed by atoms with E-state index in [4.69, 9.17) is 0 Å². The first-order chi connectivity index (χ1) is 14.4. The molecule has 1 aliphatic rings. The quantitative estimate of drug-likeness (QED) is 0.605. The van der Waals surface area contributed by atoms with Gasteiger partial charge in [-0.3, -0.25) is 14.2 Å². The van der Waals surface area contributed by atoms with Crippen LogP contribution >= 0.6 is 11.3 Å². The monoisotopic (exact) mass is 445 g/mol. The Morgan fingerprint density at radius 2 is 1.97 bits per heavy atom. The summed E-state index contributed by atoms with van der Waals surface area (Å²) in [5, 5.41) is 0. The van der Waals surface area contributed by atoms with Crippen molar-refractivity contribution in [3.8, 4) is 0 Å².